The maximum absolute atomic E-state index is 14.1. The summed E-state index contributed by atoms with van der Waals surface area (Å²) in [5.41, 5.74) is 4.54. The molecule has 2 aromatic rings. The first-order chi connectivity index (χ1) is 9.93. The first-order valence-electron chi connectivity index (χ1n) is 6.28. The first kappa shape index (κ1) is 16.5. The molecule has 0 spiro atoms. The van der Waals surface area contributed by atoms with Crippen molar-refractivity contribution in [3.63, 3.8) is 0 Å². The van der Waals surface area contributed by atoms with E-state index in [1.807, 2.05) is 25.1 Å². The van der Waals surface area contributed by atoms with Crippen LogP contribution < -0.4 is 11.3 Å². The van der Waals surface area contributed by atoms with Crippen LogP contribution in [0.2, 0.25) is 0 Å². The van der Waals surface area contributed by atoms with Crippen molar-refractivity contribution in [2.75, 3.05) is 0 Å². The third-order valence-corrected chi connectivity index (χ3v) is 4.47. The van der Waals surface area contributed by atoms with Gasteiger partial charge in [-0.25, -0.2) is 8.78 Å². The van der Waals surface area contributed by atoms with Crippen molar-refractivity contribution < 1.29 is 8.78 Å². The van der Waals surface area contributed by atoms with E-state index >= 15 is 0 Å². The molecule has 0 saturated heterocycles. The number of halogens is 4. The van der Waals surface area contributed by atoms with Gasteiger partial charge in [-0.05, 0) is 64.7 Å². The zero-order valence-electron chi connectivity index (χ0n) is 11.3. The molecule has 2 aromatic carbocycles. The van der Waals surface area contributed by atoms with Crippen LogP contribution in [0.4, 0.5) is 8.78 Å². The molecule has 0 amide bonds. The summed E-state index contributed by atoms with van der Waals surface area (Å²) in [6.45, 7) is 1.93. The number of hydrazine groups is 1. The fraction of sp³-hybridized carbons (Fsp3) is 0.200. The van der Waals surface area contributed by atoms with E-state index < -0.39 is 11.6 Å². The van der Waals surface area contributed by atoms with Gasteiger partial charge in [0.1, 0.15) is 11.6 Å². The summed E-state index contributed by atoms with van der Waals surface area (Å²) in [5, 5.41) is 0. The van der Waals surface area contributed by atoms with E-state index in [9.17, 15) is 8.78 Å². The van der Waals surface area contributed by atoms with Crippen molar-refractivity contribution in [2.45, 2.75) is 19.4 Å². The van der Waals surface area contributed by atoms with E-state index in [1.165, 1.54) is 12.1 Å². The van der Waals surface area contributed by atoms with Crippen LogP contribution in [0, 0.1) is 18.6 Å². The maximum Gasteiger partial charge on any atom is 0.143 e. The molecule has 3 N–H and O–H groups in total. The van der Waals surface area contributed by atoms with Crippen LogP contribution in [0.1, 0.15) is 22.7 Å². The third-order valence-electron chi connectivity index (χ3n) is 3.37. The number of aryl methyl sites for hydroxylation is 1. The minimum Gasteiger partial charge on any atom is -0.271 e. The molecule has 21 heavy (non-hydrogen) atoms. The molecular weight excluding hydrogens is 406 g/mol. The summed E-state index contributed by atoms with van der Waals surface area (Å²) in [7, 11) is 0. The lowest BCUT2D eigenvalue weighted by Gasteiger charge is -2.20. The largest absolute Gasteiger partial charge is 0.271 e. The molecule has 0 fully saturated rings. The molecule has 2 rings (SSSR count). The van der Waals surface area contributed by atoms with Crippen molar-refractivity contribution in [3.05, 3.63) is 67.6 Å². The number of benzene rings is 2. The van der Waals surface area contributed by atoms with Gasteiger partial charge in [-0.2, -0.15) is 0 Å². The van der Waals surface area contributed by atoms with Gasteiger partial charge in [-0.15, -0.1) is 0 Å². The molecule has 0 aliphatic heterocycles. The van der Waals surface area contributed by atoms with Crippen LogP contribution in [-0.2, 0) is 6.42 Å². The Bertz CT molecular complexity index is 662. The summed E-state index contributed by atoms with van der Waals surface area (Å²) >= 11 is 6.47. The summed E-state index contributed by atoms with van der Waals surface area (Å²) in [4.78, 5) is 0. The predicted molar refractivity (Wildman–Crippen MR) is 86.7 cm³/mol. The summed E-state index contributed by atoms with van der Waals surface area (Å²) in [6, 6.07) is 7.94. The second kappa shape index (κ2) is 6.96. The molecule has 0 bridgehead atoms. The minimum atomic E-state index is -0.595. The molecule has 0 radical (unpaired) electrons. The minimum absolute atomic E-state index is 0.00620. The Morgan fingerprint density at radius 2 is 1.90 bits per heavy atom. The van der Waals surface area contributed by atoms with Gasteiger partial charge in [0.15, 0.2) is 0 Å². The van der Waals surface area contributed by atoms with E-state index in [-0.39, 0.29) is 22.5 Å². The highest BCUT2D eigenvalue weighted by molar-refractivity contribution is 9.10. The second-order valence-corrected chi connectivity index (χ2v) is 6.52. The topological polar surface area (TPSA) is 38.0 Å². The van der Waals surface area contributed by atoms with Crippen molar-refractivity contribution in [3.8, 4) is 0 Å². The number of hydrogen-bond acceptors (Lipinski definition) is 2. The lowest BCUT2D eigenvalue weighted by atomic mass is 9.95. The SMILES string of the molecule is Cc1ccc(Br)cc1C(Cc1c(F)ccc(Br)c1F)NN. The lowest BCUT2D eigenvalue weighted by molar-refractivity contribution is 0.496. The number of rotatable bonds is 4. The summed E-state index contributed by atoms with van der Waals surface area (Å²) in [5.74, 6) is 4.41. The smallest absolute Gasteiger partial charge is 0.143 e. The molecule has 2 nitrogen and oxygen atoms in total. The van der Waals surface area contributed by atoms with Crippen LogP contribution in [0.5, 0.6) is 0 Å². The van der Waals surface area contributed by atoms with Crippen LogP contribution >= 0.6 is 31.9 Å². The average molecular weight is 420 g/mol. The van der Waals surface area contributed by atoms with E-state index in [0.717, 1.165) is 15.6 Å². The quantitative estimate of drug-likeness (QED) is 0.433. The highest BCUT2D eigenvalue weighted by Crippen LogP contribution is 2.29. The van der Waals surface area contributed by atoms with Crippen LogP contribution in [0.25, 0.3) is 0 Å². The number of hydrogen-bond donors (Lipinski definition) is 2. The van der Waals surface area contributed by atoms with Crippen molar-refractivity contribution in [2.24, 2.45) is 5.84 Å². The lowest BCUT2D eigenvalue weighted by Crippen LogP contribution is -2.30. The Labute approximate surface area is 139 Å². The van der Waals surface area contributed by atoms with E-state index in [1.54, 1.807) is 0 Å². The van der Waals surface area contributed by atoms with Gasteiger partial charge in [0.2, 0.25) is 0 Å². The Morgan fingerprint density at radius 3 is 2.57 bits per heavy atom. The molecule has 1 unspecified atom stereocenters. The fourth-order valence-corrected chi connectivity index (χ4v) is 2.96. The number of nitrogens with two attached hydrogens (primary N) is 1. The zero-order valence-corrected chi connectivity index (χ0v) is 14.4. The monoisotopic (exact) mass is 418 g/mol. The van der Waals surface area contributed by atoms with Gasteiger partial charge < -0.3 is 0 Å². The van der Waals surface area contributed by atoms with Gasteiger partial charge in [0, 0.05) is 10.0 Å². The Balaban J connectivity index is 2.40. The highest BCUT2D eigenvalue weighted by atomic mass is 79.9. The molecule has 112 valence electrons. The fourth-order valence-electron chi connectivity index (χ4n) is 2.21. The van der Waals surface area contributed by atoms with Crippen LogP contribution in [-0.4, -0.2) is 0 Å². The van der Waals surface area contributed by atoms with E-state index in [0.29, 0.717) is 0 Å². The Hall–Kier alpha value is -0.820. The molecule has 0 aliphatic rings. The van der Waals surface area contributed by atoms with Crippen LogP contribution in [0.15, 0.2) is 39.3 Å². The van der Waals surface area contributed by atoms with E-state index in [4.69, 9.17) is 5.84 Å². The Morgan fingerprint density at radius 1 is 1.19 bits per heavy atom. The molecular formula is C15H14Br2F2N2. The van der Waals surface area contributed by atoms with Gasteiger partial charge in [-0.1, -0.05) is 22.0 Å². The van der Waals surface area contributed by atoms with Gasteiger partial charge >= 0.3 is 0 Å². The Kier molecular flexibility index (Phi) is 5.48. The molecule has 0 aliphatic carbocycles. The molecule has 0 heterocycles. The zero-order chi connectivity index (χ0) is 15.6. The summed E-state index contributed by atoms with van der Waals surface area (Å²) in [6.07, 6.45) is 0.116. The van der Waals surface area contributed by atoms with Crippen molar-refractivity contribution >= 4 is 31.9 Å². The molecule has 0 saturated carbocycles. The van der Waals surface area contributed by atoms with Crippen LogP contribution in [0.3, 0.4) is 0 Å². The highest BCUT2D eigenvalue weighted by Gasteiger charge is 2.19. The molecule has 6 heteroatoms. The second-order valence-electron chi connectivity index (χ2n) is 4.75. The average Bonchev–Trinajstić information content (AvgIpc) is 2.46. The predicted octanol–water partition coefficient (Wildman–Crippen LogP) is 4.55. The van der Waals surface area contributed by atoms with E-state index in [2.05, 4.69) is 37.3 Å². The molecule has 0 aromatic heterocycles. The maximum atomic E-state index is 14.1. The van der Waals surface area contributed by atoms with Gasteiger partial charge in [-0.3, -0.25) is 11.3 Å². The first-order valence-corrected chi connectivity index (χ1v) is 7.87. The normalized spacial score (nSPS) is 12.5. The molecule has 1 atom stereocenters. The third kappa shape index (κ3) is 3.69. The van der Waals surface area contributed by atoms with Gasteiger partial charge in [0.05, 0.1) is 10.5 Å². The van der Waals surface area contributed by atoms with Gasteiger partial charge in [0.25, 0.3) is 0 Å². The number of nitrogens with one attached hydrogen (secondary N) is 1. The summed E-state index contributed by atoms with van der Waals surface area (Å²) < 4.78 is 29.1. The van der Waals surface area contributed by atoms with Crippen molar-refractivity contribution in [1.29, 1.82) is 0 Å². The van der Waals surface area contributed by atoms with Crippen molar-refractivity contribution in [1.82, 2.24) is 5.43 Å². The standard InChI is InChI=1S/C15H14Br2F2N2/c1-8-2-3-9(16)6-10(8)14(21-20)7-11-13(18)5-4-12(17)15(11)19/h2-6,14,21H,7,20H2,1H3.